The van der Waals surface area contributed by atoms with Gasteiger partial charge in [0.2, 0.25) is 0 Å². The minimum Gasteiger partial charge on any atom is -0.462 e. The number of carbonyl (C=O) groups is 1. The lowest BCUT2D eigenvalue weighted by Gasteiger charge is -2.28. The smallest absolute Gasteiger partial charge is 0.305 e. The number of nitro groups is 1. The lowest BCUT2D eigenvalue weighted by Crippen LogP contribution is -2.23. The summed E-state index contributed by atoms with van der Waals surface area (Å²) >= 11 is 0. The van der Waals surface area contributed by atoms with Crippen molar-refractivity contribution in [1.82, 2.24) is 0 Å². The van der Waals surface area contributed by atoms with Crippen molar-refractivity contribution in [3.8, 4) is 0 Å². The minimum atomic E-state index is -0.384. The minimum absolute atomic E-state index is 0.0387. The third-order valence-electron chi connectivity index (χ3n) is 3.84. The number of rotatable bonds is 4. The van der Waals surface area contributed by atoms with Crippen molar-refractivity contribution in [3.63, 3.8) is 0 Å². The highest BCUT2D eigenvalue weighted by Gasteiger charge is 2.24. The number of non-ortho nitro benzene ring substituents is 1. The maximum atomic E-state index is 11.2. The zero-order valence-corrected chi connectivity index (χ0v) is 11.6. The summed E-state index contributed by atoms with van der Waals surface area (Å²) in [7, 11) is 0. The van der Waals surface area contributed by atoms with Gasteiger partial charge < -0.3 is 4.74 Å². The van der Waals surface area contributed by atoms with Crippen molar-refractivity contribution in [3.05, 3.63) is 39.9 Å². The fraction of sp³-hybridized carbons (Fsp3) is 0.533. The molecule has 0 N–H and O–H groups in total. The second-order valence-corrected chi connectivity index (χ2v) is 5.17. The van der Waals surface area contributed by atoms with Gasteiger partial charge in [-0.15, -0.1) is 0 Å². The van der Waals surface area contributed by atoms with Crippen LogP contribution in [-0.2, 0) is 9.53 Å². The highest BCUT2D eigenvalue weighted by Crippen LogP contribution is 2.34. The molecule has 1 saturated carbocycles. The van der Waals surface area contributed by atoms with Crippen LogP contribution in [0.2, 0.25) is 0 Å². The van der Waals surface area contributed by atoms with E-state index in [1.165, 1.54) is 0 Å². The molecule has 2 rings (SSSR count). The van der Waals surface area contributed by atoms with Crippen LogP contribution >= 0.6 is 0 Å². The van der Waals surface area contributed by atoms with Crippen molar-refractivity contribution in [2.75, 3.05) is 0 Å². The van der Waals surface area contributed by atoms with Gasteiger partial charge in [0.25, 0.3) is 5.69 Å². The van der Waals surface area contributed by atoms with Crippen LogP contribution in [0, 0.1) is 10.1 Å². The van der Waals surface area contributed by atoms with Gasteiger partial charge in [-0.2, -0.15) is 0 Å². The number of nitro benzene ring substituents is 1. The molecule has 0 saturated heterocycles. The molecule has 20 heavy (non-hydrogen) atoms. The van der Waals surface area contributed by atoms with Crippen LogP contribution in [0.1, 0.15) is 50.5 Å². The summed E-state index contributed by atoms with van der Waals surface area (Å²) in [6.45, 7) is 1.80. The number of benzene rings is 1. The number of carbonyl (C=O) groups excluding carboxylic acids is 1. The largest absolute Gasteiger partial charge is 0.462 e. The zero-order valence-electron chi connectivity index (χ0n) is 11.6. The van der Waals surface area contributed by atoms with Crippen LogP contribution in [-0.4, -0.2) is 17.0 Å². The van der Waals surface area contributed by atoms with E-state index in [4.69, 9.17) is 4.74 Å². The van der Waals surface area contributed by atoms with Gasteiger partial charge in [-0.05, 0) is 37.2 Å². The molecule has 0 amide bonds. The molecule has 0 unspecified atom stereocenters. The van der Waals surface area contributed by atoms with Gasteiger partial charge >= 0.3 is 5.97 Å². The van der Waals surface area contributed by atoms with Crippen molar-refractivity contribution in [1.29, 1.82) is 0 Å². The van der Waals surface area contributed by atoms with Crippen molar-refractivity contribution in [2.24, 2.45) is 0 Å². The van der Waals surface area contributed by atoms with Crippen LogP contribution in [0.25, 0.3) is 0 Å². The fourth-order valence-electron chi connectivity index (χ4n) is 2.65. The Hall–Kier alpha value is -1.91. The highest BCUT2D eigenvalue weighted by molar-refractivity contribution is 5.69. The van der Waals surface area contributed by atoms with Crippen LogP contribution < -0.4 is 0 Å². The maximum absolute atomic E-state index is 11.2. The summed E-state index contributed by atoms with van der Waals surface area (Å²) in [5.74, 6) is 0.274. The van der Waals surface area contributed by atoms with E-state index in [9.17, 15) is 14.9 Å². The maximum Gasteiger partial charge on any atom is 0.305 e. The summed E-state index contributed by atoms with van der Waals surface area (Å²) in [6, 6.07) is 6.78. The first-order valence-corrected chi connectivity index (χ1v) is 7.04. The number of esters is 1. The van der Waals surface area contributed by atoms with Gasteiger partial charge in [-0.1, -0.05) is 19.1 Å². The normalized spacial score (nSPS) is 22.2. The molecule has 0 spiro atoms. The van der Waals surface area contributed by atoms with Crippen molar-refractivity contribution < 1.29 is 14.5 Å². The number of hydrogen-bond donors (Lipinski definition) is 0. The lowest BCUT2D eigenvalue weighted by molar-refractivity contribution is -0.384. The summed E-state index contributed by atoms with van der Waals surface area (Å²) in [5, 5.41) is 10.6. The molecule has 0 heterocycles. The SMILES string of the molecule is CCC(=O)OC1CCC(c2ccc([N+](=O)[O-])cc2)CC1. The number of nitrogens with zero attached hydrogens (tertiary/aromatic N) is 1. The first-order chi connectivity index (χ1) is 9.60. The predicted molar refractivity (Wildman–Crippen MR) is 74.5 cm³/mol. The Kier molecular flexibility index (Phi) is 4.71. The number of hydrogen-bond acceptors (Lipinski definition) is 4. The molecular weight excluding hydrogens is 258 g/mol. The van der Waals surface area contributed by atoms with Gasteiger partial charge in [0.05, 0.1) is 4.92 Å². The van der Waals surface area contributed by atoms with Crippen LogP contribution in [0.3, 0.4) is 0 Å². The molecule has 0 aliphatic heterocycles. The molecule has 1 aliphatic rings. The molecule has 1 aliphatic carbocycles. The Morgan fingerprint density at radius 1 is 1.25 bits per heavy atom. The number of ether oxygens (including phenoxy) is 1. The van der Waals surface area contributed by atoms with E-state index in [1.807, 2.05) is 12.1 Å². The Morgan fingerprint density at radius 3 is 2.35 bits per heavy atom. The average Bonchev–Trinajstić information content (AvgIpc) is 2.48. The van der Waals surface area contributed by atoms with Gasteiger partial charge in [-0.25, -0.2) is 0 Å². The molecule has 0 aromatic heterocycles. The summed E-state index contributed by atoms with van der Waals surface area (Å²) < 4.78 is 5.35. The summed E-state index contributed by atoms with van der Waals surface area (Å²) in [5.41, 5.74) is 1.26. The molecule has 0 radical (unpaired) electrons. The standard InChI is InChI=1S/C15H19NO4/c1-2-15(17)20-14-9-5-12(6-10-14)11-3-7-13(8-4-11)16(18)19/h3-4,7-8,12,14H,2,5-6,9-10H2,1H3. The second kappa shape index (κ2) is 6.50. The van der Waals surface area contributed by atoms with E-state index < -0.39 is 0 Å². The Labute approximate surface area is 118 Å². The third kappa shape index (κ3) is 3.56. The molecule has 5 heteroatoms. The highest BCUT2D eigenvalue weighted by atomic mass is 16.6. The Balaban J connectivity index is 1.90. The van der Waals surface area contributed by atoms with Gasteiger partial charge in [-0.3, -0.25) is 14.9 Å². The first kappa shape index (κ1) is 14.5. The van der Waals surface area contributed by atoms with Gasteiger partial charge in [0.1, 0.15) is 6.10 Å². The van der Waals surface area contributed by atoms with Gasteiger partial charge in [0, 0.05) is 18.6 Å². The Bertz CT molecular complexity index is 475. The third-order valence-corrected chi connectivity index (χ3v) is 3.84. The van der Waals surface area contributed by atoms with Crippen LogP contribution in [0.15, 0.2) is 24.3 Å². The van der Waals surface area contributed by atoms with E-state index in [-0.39, 0.29) is 22.7 Å². The predicted octanol–water partition coefficient (Wildman–Crippen LogP) is 3.57. The average molecular weight is 277 g/mol. The van der Waals surface area contributed by atoms with Crippen molar-refractivity contribution >= 4 is 11.7 Å². The second-order valence-electron chi connectivity index (χ2n) is 5.17. The molecule has 0 atom stereocenters. The van der Waals surface area contributed by atoms with E-state index in [0.717, 1.165) is 31.2 Å². The molecular formula is C15H19NO4. The summed E-state index contributed by atoms with van der Waals surface area (Å²) in [4.78, 5) is 21.5. The molecule has 1 aromatic rings. The Morgan fingerprint density at radius 2 is 1.85 bits per heavy atom. The molecule has 1 aromatic carbocycles. The van der Waals surface area contributed by atoms with Crippen molar-refractivity contribution in [2.45, 2.75) is 51.0 Å². The van der Waals surface area contributed by atoms with E-state index in [1.54, 1.807) is 19.1 Å². The quantitative estimate of drug-likeness (QED) is 0.479. The van der Waals surface area contributed by atoms with E-state index in [0.29, 0.717) is 12.3 Å². The van der Waals surface area contributed by atoms with Gasteiger partial charge in [0.15, 0.2) is 0 Å². The molecule has 0 bridgehead atoms. The molecule has 108 valence electrons. The van der Waals surface area contributed by atoms with Crippen LogP contribution in [0.4, 0.5) is 5.69 Å². The van der Waals surface area contributed by atoms with E-state index >= 15 is 0 Å². The summed E-state index contributed by atoms with van der Waals surface area (Å²) in [6.07, 6.45) is 4.11. The fourth-order valence-corrected chi connectivity index (χ4v) is 2.65. The zero-order chi connectivity index (χ0) is 14.5. The first-order valence-electron chi connectivity index (χ1n) is 7.04. The molecule has 5 nitrogen and oxygen atoms in total. The molecule has 1 fully saturated rings. The monoisotopic (exact) mass is 277 g/mol. The topological polar surface area (TPSA) is 69.4 Å². The van der Waals surface area contributed by atoms with Crippen LogP contribution in [0.5, 0.6) is 0 Å². The lowest BCUT2D eigenvalue weighted by atomic mass is 9.82. The van der Waals surface area contributed by atoms with E-state index in [2.05, 4.69) is 0 Å².